The molecule has 26 heavy (non-hydrogen) atoms. The van der Waals surface area contributed by atoms with Crippen LogP contribution in [0.25, 0.3) is 11.0 Å². The van der Waals surface area contributed by atoms with Gasteiger partial charge in [-0.05, 0) is 38.0 Å². The SMILES string of the molecule is Cc1ccc(S(=O)n2ccc3c(NC4CCCCC4)c(N)cnc32)cc1. The third kappa shape index (κ3) is 3.21. The smallest absolute Gasteiger partial charge is 0.158 e. The van der Waals surface area contributed by atoms with Crippen molar-refractivity contribution >= 4 is 33.4 Å². The van der Waals surface area contributed by atoms with Crippen molar-refractivity contribution in [2.45, 2.75) is 50.0 Å². The number of fused-ring (bicyclic) bond motifs is 1. The summed E-state index contributed by atoms with van der Waals surface area (Å²) >= 11 is 0. The number of rotatable bonds is 4. The second-order valence-electron chi connectivity index (χ2n) is 7.01. The Bertz CT molecular complexity index is 942. The van der Waals surface area contributed by atoms with E-state index < -0.39 is 11.0 Å². The summed E-state index contributed by atoms with van der Waals surface area (Å²) in [5.41, 5.74) is 9.60. The molecule has 3 N–H and O–H groups in total. The predicted octanol–water partition coefficient (Wildman–Crippen LogP) is 4.24. The summed E-state index contributed by atoms with van der Waals surface area (Å²) in [5, 5.41) is 4.54. The van der Waals surface area contributed by atoms with Crippen LogP contribution >= 0.6 is 0 Å². The average Bonchev–Trinajstić information content (AvgIpc) is 3.09. The average molecular weight is 369 g/mol. The fraction of sp³-hybridized carbons (Fsp3) is 0.350. The van der Waals surface area contributed by atoms with E-state index in [0.29, 0.717) is 17.4 Å². The molecule has 1 aliphatic carbocycles. The summed E-state index contributed by atoms with van der Waals surface area (Å²) in [7, 11) is -1.33. The first-order valence-electron chi connectivity index (χ1n) is 9.14. The van der Waals surface area contributed by atoms with Gasteiger partial charge in [0.25, 0.3) is 0 Å². The number of hydrogen-bond donors (Lipinski definition) is 2. The molecule has 0 radical (unpaired) electrons. The number of nitrogens with one attached hydrogen (secondary N) is 1. The lowest BCUT2D eigenvalue weighted by Gasteiger charge is -2.25. The van der Waals surface area contributed by atoms with Gasteiger partial charge in [0, 0.05) is 17.6 Å². The molecule has 2 aromatic heterocycles. The van der Waals surface area contributed by atoms with Gasteiger partial charge in [0.05, 0.1) is 22.5 Å². The van der Waals surface area contributed by atoms with Gasteiger partial charge in [0.2, 0.25) is 0 Å². The van der Waals surface area contributed by atoms with Gasteiger partial charge in [-0.15, -0.1) is 0 Å². The predicted molar refractivity (Wildman–Crippen MR) is 108 cm³/mol. The van der Waals surface area contributed by atoms with E-state index in [2.05, 4.69) is 10.3 Å². The van der Waals surface area contributed by atoms with Crippen molar-refractivity contribution in [3.63, 3.8) is 0 Å². The van der Waals surface area contributed by atoms with E-state index in [4.69, 9.17) is 5.73 Å². The highest BCUT2D eigenvalue weighted by molar-refractivity contribution is 7.83. The summed E-state index contributed by atoms with van der Waals surface area (Å²) < 4.78 is 14.7. The molecule has 1 saturated carbocycles. The molecule has 3 aromatic rings. The molecule has 0 spiro atoms. The van der Waals surface area contributed by atoms with Gasteiger partial charge in [-0.25, -0.2) is 13.2 Å². The fourth-order valence-electron chi connectivity index (χ4n) is 3.59. The van der Waals surface area contributed by atoms with E-state index in [1.165, 1.54) is 32.1 Å². The molecular weight excluding hydrogens is 344 g/mol. The lowest BCUT2D eigenvalue weighted by Crippen LogP contribution is -2.23. The molecule has 1 atom stereocenters. The molecule has 1 unspecified atom stereocenters. The van der Waals surface area contributed by atoms with Gasteiger partial charge in [-0.3, -0.25) is 0 Å². The Kier molecular flexibility index (Phi) is 4.68. The van der Waals surface area contributed by atoms with Crippen molar-refractivity contribution in [3.05, 3.63) is 48.3 Å². The maximum Gasteiger partial charge on any atom is 0.158 e. The van der Waals surface area contributed by atoms with Crippen LogP contribution in [0, 0.1) is 6.92 Å². The molecule has 1 aromatic carbocycles. The van der Waals surface area contributed by atoms with Crippen LogP contribution in [0.5, 0.6) is 0 Å². The number of pyridine rings is 1. The van der Waals surface area contributed by atoms with Crippen molar-refractivity contribution in [2.75, 3.05) is 11.1 Å². The second-order valence-corrected chi connectivity index (χ2v) is 8.37. The molecule has 5 nitrogen and oxygen atoms in total. The zero-order valence-electron chi connectivity index (χ0n) is 14.9. The molecule has 0 amide bonds. The highest BCUT2D eigenvalue weighted by Crippen LogP contribution is 2.32. The number of nitrogens with two attached hydrogens (primary N) is 1. The number of hydrogen-bond acceptors (Lipinski definition) is 4. The normalized spacial score (nSPS) is 16.7. The van der Waals surface area contributed by atoms with Gasteiger partial charge in [-0.1, -0.05) is 37.0 Å². The monoisotopic (exact) mass is 368 g/mol. The Morgan fingerprint density at radius 2 is 1.88 bits per heavy atom. The minimum Gasteiger partial charge on any atom is -0.396 e. The lowest BCUT2D eigenvalue weighted by atomic mass is 9.95. The van der Waals surface area contributed by atoms with E-state index in [1.54, 1.807) is 10.2 Å². The lowest BCUT2D eigenvalue weighted by molar-refractivity contribution is 0.463. The maximum atomic E-state index is 13.0. The quantitative estimate of drug-likeness (QED) is 0.722. The zero-order valence-corrected chi connectivity index (χ0v) is 15.8. The van der Waals surface area contributed by atoms with E-state index in [0.717, 1.165) is 21.5 Å². The third-order valence-corrected chi connectivity index (χ3v) is 6.39. The molecule has 2 heterocycles. The van der Waals surface area contributed by atoms with Gasteiger partial charge >= 0.3 is 0 Å². The summed E-state index contributed by atoms with van der Waals surface area (Å²) in [6.45, 7) is 2.02. The molecule has 6 heteroatoms. The topological polar surface area (TPSA) is 72.9 Å². The first kappa shape index (κ1) is 17.1. The van der Waals surface area contributed by atoms with Crippen LogP contribution in [0.1, 0.15) is 37.7 Å². The van der Waals surface area contributed by atoms with Crippen LogP contribution in [0.15, 0.2) is 47.6 Å². The highest BCUT2D eigenvalue weighted by Gasteiger charge is 2.19. The molecule has 0 bridgehead atoms. The van der Waals surface area contributed by atoms with E-state index >= 15 is 0 Å². The number of benzene rings is 1. The van der Waals surface area contributed by atoms with Crippen LogP contribution in [-0.2, 0) is 11.0 Å². The van der Waals surface area contributed by atoms with Crippen molar-refractivity contribution in [1.82, 2.24) is 8.96 Å². The number of aryl methyl sites for hydroxylation is 1. The Morgan fingerprint density at radius 1 is 1.15 bits per heavy atom. The van der Waals surface area contributed by atoms with Crippen LogP contribution in [0.3, 0.4) is 0 Å². The molecule has 1 fully saturated rings. The van der Waals surface area contributed by atoms with Gasteiger partial charge in [0.1, 0.15) is 0 Å². The largest absolute Gasteiger partial charge is 0.396 e. The molecular formula is C20H24N4OS. The Hall–Kier alpha value is -2.34. The number of nitrogen functional groups attached to an aromatic ring is 1. The van der Waals surface area contributed by atoms with Crippen LogP contribution < -0.4 is 11.1 Å². The molecule has 136 valence electrons. The minimum absolute atomic E-state index is 0.447. The summed E-state index contributed by atoms with van der Waals surface area (Å²) in [6, 6.07) is 10.1. The van der Waals surface area contributed by atoms with E-state index in [9.17, 15) is 4.21 Å². The van der Waals surface area contributed by atoms with Crippen LogP contribution in [0.2, 0.25) is 0 Å². The fourth-order valence-corrected chi connectivity index (χ4v) is 4.66. The number of anilines is 2. The van der Waals surface area contributed by atoms with Crippen molar-refractivity contribution < 1.29 is 4.21 Å². The molecule has 0 aliphatic heterocycles. The zero-order chi connectivity index (χ0) is 18.1. The Morgan fingerprint density at radius 3 is 2.62 bits per heavy atom. The van der Waals surface area contributed by atoms with E-state index in [-0.39, 0.29) is 0 Å². The van der Waals surface area contributed by atoms with Crippen molar-refractivity contribution in [2.24, 2.45) is 0 Å². The minimum atomic E-state index is -1.33. The van der Waals surface area contributed by atoms with Crippen LogP contribution in [0.4, 0.5) is 11.4 Å². The summed E-state index contributed by atoms with van der Waals surface area (Å²) in [4.78, 5) is 5.22. The molecule has 4 rings (SSSR count). The maximum absolute atomic E-state index is 13.0. The molecule has 0 saturated heterocycles. The number of aromatic nitrogens is 2. The Balaban J connectivity index is 1.70. The highest BCUT2D eigenvalue weighted by atomic mass is 32.2. The van der Waals surface area contributed by atoms with Gasteiger partial charge in [0.15, 0.2) is 16.6 Å². The van der Waals surface area contributed by atoms with Crippen molar-refractivity contribution in [3.8, 4) is 0 Å². The Labute approximate surface area is 156 Å². The standard InChI is InChI=1S/C20H24N4OS/c1-14-7-9-16(10-8-14)26(25)24-12-11-17-19(18(21)13-22-20(17)24)23-15-5-3-2-4-6-15/h7-13,15H,2-6,21H2,1H3,(H,22,23). The third-order valence-electron chi connectivity index (χ3n) is 5.07. The number of nitrogens with zero attached hydrogens (tertiary/aromatic N) is 2. The van der Waals surface area contributed by atoms with Gasteiger partial charge in [-0.2, -0.15) is 0 Å². The van der Waals surface area contributed by atoms with Crippen molar-refractivity contribution in [1.29, 1.82) is 0 Å². The molecule has 1 aliphatic rings. The second kappa shape index (κ2) is 7.11. The van der Waals surface area contributed by atoms with Crippen LogP contribution in [-0.4, -0.2) is 19.2 Å². The first-order valence-corrected chi connectivity index (χ1v) is 10.2. The summed E-state index contributed by atoms with van der Waals surface area (Å²) in [6.07, 6.45) is 9.65. The van der Waals surface area contributed by atoms with E-state index in [1.807, 2.05) is 43.5 Å². The van der Waals surface area contributed by atoms with Gasteiger partial charge < -0.3 is 11.1 Å². The summed E-state index contributed by atoms with van der Waals surface area (Å²) in [5.74, 6) is 0. The first-order chi connectivity index (χ1) is 12.6.